The molecule has 0 rings (SSSR count). The largest absolute Gasteiger partial charge is 0.0958 e. The maximum atomic E-state index is 4.17. The lowest BCUT2D eigenvalue weighted by Crippen LogP contribution is -2.03. The molecule has 2 unspecified atom stereocenters. The molecule has 0 aliphatic heterocycles. The molecule has 0 aromatic carbocycles. The zero-order chi connectivity index (χ0) is 13.3. The molecule has 0 bridgehead atoms. The summed E-state index contributed by atoms with van der Waals surface area (Å²) in [5.41, 5.74) is 1.30. The summed E-state index contributed by atoms with van der Waals surface area (Å²) in [5.74, 6) is 2.29. The Morgan fingerprint density at radius 2 is 1.76 bits per heavy atom. The van der Waals surface area contributed by atoms with Gasteiger partial charge in [-0.1, -0.05) is 71.8 Å². The van der Waals surface area contributed by atoms with Gasteiger partial charge in [-0.2, -0.15) is 0 Å². The smallest absolute Gasteiger partial charge is 0.0210 e. The predicted octanol–water partition coefficient (Wildman–Crippen LogP) is 6.00. The Labute approximate surface area is 109 Å². The van der Waals surface area contributed by atoms with Crippen molar-refractivity contribution < 1.29 is 0 Å². The Morgan fingerprint density at radius 3 is 2.24 bits per heavy atom. The molecule has 0 aromatic heterocycles. The van der Waals surface area contributed by atoms with Crippen LogP contribution in [0.1, 0.15) is 66.7 Å². The first-order valence-corrected chi connectivity index (χ1v) is 7.37. The molecule has 0 N–H and O–H groups in total. The molecule has 0 heterocycles. The molecule has 0 aliphatic carbocycles. The average Bonchev–Trinajstić information content (AvgIpc) is 2.27. The average molecular weight is 236 g/mol. The minimum atomic E-state index is 0.708. The van der Waals surface area contributed by atoms with Gasteiger partial charge < -0.3 is 0 Å². The summed E-state index contributed by atoms with van der Waals surface area (Å²) in [6, 6.07) is 0. The van der Waals surface area contributed by atoms with E-state index in [2.05, 4.69) is 53.3 Å². The summed E-state index contributed by atoms with van der Waals surface area (Å²) in [6.07, 6.45) is 10.9. The Morgan fingerprint density at radius 1 is 1.12 bits per heavy atom. The van der Waals surface area contributed by atoms with E-state index >= 15 is 0 Å². The fraction of sp³-hybridized carbons (Fsp3) is 0.765. The summed E-state index contributed by atoms with van der Waals surface area (Å²) in [6.45, 7) is 15.6. The van der Waals surface area contributed by atoms with Crippen molar-refractivity contribution in [3.05, 3.63) is 24.3 Å². The molecule has 0 spiro atoms. The summed E-state index contributed by atoms with van der Waals surface area (Å²) >= 11 is 0. The number of hydrogen-bond acceptors (Lipinski definition) is 0. The van der Waals surface area contributed by atoms with Crippen LogP contribution in [0.15, 0.2) is 24.3 Å². The summed E-state index contributed by atoms with van der Waals surface area (Å²) in [4.78, 5) is 0. The third-order valence-electron chi connectivity index (χ3n) is 3.65. The van der Waals surface area contributed by atoms with E-state index in [1.54, 1.807) is 0 Å². The Kier molecular flexibility index (Phi) is 9.21. The van der Waals surface area contributed by atoms with Gasteiger partial charge in [0.05, 0.1) is 0 Å². The van der Waals surface area contributed by atoms with Crippen molar-refractivity contribution in [3.63, 3.8) is 0 Å². The lowest BCUT2D eigenvalue weighted by Gasteiger charge is -2.14. The standard InChI is InChI=1S/C17H32/c1-7-9-15(5)10-11-16(6)12-13-17(8-2)14(3)4/h12-15,17H,6-11H2,1-5H3/b13-12-. The van der Waals surface area contributed by atoms with E-state index in [0.29, 0.717) is 5.92 Å². The second-order valence-corrected chi connectivity index (χ2v) is 5.77. The zero-order valence-corrected chi connectivity index (χ0v) is 12.6. The highest BCUT2D eigenvalue weighted by atomic mass is 14.1. The van der Waals surface area contributed by atoms with E-state index in [1.807, 2.05) is 0 Å². The van der Waals surface area contributed by atoms with Crippen molar-refractivity contribution in [2.75, 3.05) is 0 Å². The van der Waals surface area contributed by atoms with E-state index in [1.165, 1.54) is 31.3 Å². The van der Waals surface area contributed by atoms with E-state index < -0.39 is 0 Å². The highest BCUT2D eigenvalue weighted by Crippen LogP contribution is 2.19. The van der Waals surface area contributed by atoms with E-state index in [9.17, 15) is 0 Å². The van der Waals surface area contributed by atoms with Crippen LogP contribution < -0.4 is 0 Å². The maximum absolute atomic E-state index is 4.17. The monoisotopic (exact) mass is 236 g/mol. The molecule has 0 saturated heterocycles. The van der Waals surface area contributed by atoms with Gasteiger partial charge in [-0.25, -0.2) is 0 Å². The minimum absolute atomic E-state index is 0.708. The molecule has 0 aliphatic rings. The molecule has 0 radical (unpaired) electrons. The van der Waals surface area contributed by atoms with Gasteiger partial charge in [0.1, 0.15) is 0 Å². The van der Waals surface area contributed by atoms with Crippen molar-refractivity contribution in [3.8, 4) is 0 Å². The molecule has 100 valence electrons. The van der Waals surface area contributed by atoms with Crippen LogP contribution in [0, 0.1) is 17.8 Å². The van der Waals surface area contributed by atoms with Crippen molar-refractivity contribution in [1.82, 2.24) is 0 Å². The summed E-state index contributed by atoms with van der Waals surface area (Å²) in [5, 5.41) is 0. The van der Waals surface area contributed by atoms with Gasteiger partial charge in [0, 0.05) is 0 Å². The fourth-order valence-electron chi connectivity index (χ4n) is 2.24. The van der Waals surface area contributed by atoms with Crippen molar-refractivity contribution in [2.24, 2.45) is 17.8 Å². The number of allylic oxidation sites excluding steroid dienone is 3. The summed E-state index contributed by atoms with van der Waals surface area (Å²) < 4.78 is 0. The molecule has 17 heavy (non-hydrogen) atoms. The normalized spacial score (nSPS) is 15.4. The van der Waals surface area contributed by atoms with Gasteiger partial charge in [0.2, 0.25) is 0 Å². The molecule has 0 heteroatoms. The Hall–Kier alpha value is -0.520. The van der Waals surface area contributed by atoms with E-state index in [4.69, 9.17) is 0 Å². The quantitative estimate of drug-likeness (QED) is 0.431. The first-order chi connectivity index (χ1) is 8.01. The molecular weight excluding hydrogens is 204 g/mol. The number of rotatable bonds is 9. The third-order valence-corrected chi connectivity index (χ3v) is 3.65. The van der Waals surface area contributed by atoms with Crippen LogP contribution in [0.25, 0.3) is 0 Å². The second-order valence-electron chi connectivity index (χ2n) is 5.77. The van der Waals surface area contributed by atoms with E-state index in [-0.39, 0.29) is 0 Å². The summed E-state index contributed by atoms with van der Waals surface area (Å²) in [7, 11) is 0. The lowest BCUT2D eigenvalue weighted by molar-refractivity contribution is 0.452. The topological polar surface area (TPSA) is 0 Å². The van der Waals surface area contributed by atoms with Gasteiger partial charge in [-0.05, 0) is 37.0 Å². The second kappa shape index (κ2) is 9.50. The molecule has 0 aromatic rings. The van der Waals surface area contributed by atoms with Crippen LogP contribution in [-0.4, -0.2) is 0 Å². The van der Waals surface area contributed by atoms with Gasteiger partial charge in [0.25, 0.3) is 0 Å². The molecule has 2 atom stereocenters. The molecule has 0 saturated carbocycles. The van der Waals surface area contributed by atoms with Gasteiger partial charge >= 0.3 is 0 Å². The molecule has 0 fully saturated rings. The maximum Gasteiger partial charge on any atom is -0.0210 e. The zero-order valence-electron chi connectivity index (χ0n) is 12.6. The molecule has 0 nitrogen and oxygen atoms in total. The fourth-order valence-corrected chi connectivity index (χ4v) is 2.24. The van der Waals surface area contributed by atoms with E-state index in [0.717, 1.165) is 18.3 Å². The van der Waals surface area contributed by atoms with Crippen molar-refractivity contribution in [2.45, 2.75) is 66.7 Å². The van der Waals surface area contributed by atoms with Crippen LogP contribution in [0.5, 0.6) is 0 Å². The third kappa shape index (κ3) is 8.24. The van der Waals surface area contributed by atoms with Crippen LogP contribution in [0.3, 0.4) is 0 Å². The highest BCUT2D eigenvalue weighted by Gasteiger charge is 2.06. The minimum Gasteiger partial charge on any atom is -0.0958 e. The van der Waals surface area contributed by atoms with Crippen molar-refractivity contribution in [1.29, 1.82) is 0 Å². The van der Waals surface area contributed by atoms with Gasteiger partial charge in [-0.15, -0.1) is 0 Å². The predicted molar refractivity (Wildman–Crippen MR) is 80.2 cm³/mol. The number of hydrogen-bond donors (Lipinski definition) is 0. The van der Waals surface area contributed by atoms with Gasteiger partial charge in [-0.3, -0.25) is 0 Å². The first-order valence-electron chi connectivity index (χ1n) is 7.37. The Balaban J connectivity index is 3.96. The molecule has 0 amide bonds. The van der Waals surface area contributed by atoms with Crippen LogP contribution in [0.2, 0.25) is 0 Å². The Bertz CT molecular complexity index is 222. The van der Waals surface area contributed by atoms with Crippen molar-refractivity contribution >= 4 is 0 Å². The lowest BCUT2D eigenvalue weighted by atomic mass is 9.91. The highest BCUT2D eigenvalue weighted by molar-refractivity contribution is 5.15. The van der Waals surface area contributed by atoms with Crippen LogP contribution in [0.4, 0.5) is 0 Å². The van der Waals surface area contributed by atoms with Gasteiger partial charge in [0.15, 0.2) is 0 Å². The first kappa shape index (κ1) is 16.5. The SMILES string of the molecule is C=C(/C=C\C(CC)C(C)C)CCC(C)CCC. The van der Waals surface area contributed by atoms with Crippen LogP contribution in [-0.2, 0) is 0 Å². The van der Waals surface area contributed by atoms with Crippen LogP contribution >= 0.6 is 0 Å². The molecular formula is C17H32.